The zero-order valence-corrected chi connectivity index (χ0v) is 12.8. The Morgan fingerprint density at radius 1 is 0.900 bits per heavy atom. The first-order valence-corrected chi connectivity index (χ1v) is 8.35. The van der Waals surface area contributed by atoms with Gasteiger partial charge in [-0.15, -0.1) is 0 Å². The molecule has 0 amide bonds. The molecule has 0 saturated heterocycles. The molecule has 1 aromatic carbocycles. The Hall–Kier alpha value is -0.853. The molecule has 1 aromatic rings. The number of rotatable bonds is 9. The maximum Gasteiger partial charge on any atom is 0.384 e. The van der Waals surface area contributed by atoms with Crippen molar-refractivity contribution in [2.75, 3.05) is 13.2 Å². The number of benzene rings is 1. The lowest BCUT2D eigenvalue weighted by atomic mass is 10.1. The zero-order chi connectivity index (χ0) is 15.0. The standard InChI is InChI=1S/C14H20F3O2Si/c1-3-6-18-20(19-7-4-2)8-5-11-9-13(16)14(17)10-12(11)15/h9-10H,3-8H2,1-2H3. The molecule has 0 aromatic heterocycles. The molecule has 0 aliphatic heterocycles. The lowest BCUT2D eigenvalue weighted by Crippen LogP contribution is -2.24. The van der Waals surface area contributed by atoms with Crippen molar-refractivity contribution in [3.8, 4) is 0 Å². The molecule has 113 valence electrons. The van der Waals surface area contributed by atoms with Crippen molar-refractivity contribution in [1.82, 2.24) is 0 Å². The van der Waals surface area contributed by atoms with Gasteiger partial charge in [0.25, 0.3) is 0 Å². The summed E-state index contributed by atoms with van der Waals surface area (Å²) in [7, 11) is -1.49. The number of hydrogen-bond acceptors (Lipinski definition) is 2. The van der Waals surface area contributed by atoms with Crippen LogP contribution in [-0.4, -0.2) is 22.5 Å². The van der Waals surface area contributed by atoms with Crippen molar-refractivity contribution >= 4 is 9.28 Å². The van der Waals surface area contributed by atoms with E-state index in [1.54, 1.807) is 0 Å². The van der Waals surface area contributed by atoms with Gasteiger partial charge >= 0.3 is 9.28 Å². The topological polar surface area (TPSA) is 18.5 Å². The second-order valence-electron chi connectivity index (χ2n) is 4.43. The highest BCUT2D eigenvalue weighted by Gasteiger charge is 2.18. The normalized spacial score (nSPS) is 11.3. The van der Waals surface area contributed by atoms with Crippen molar-refractivity contribution in [3.05, 3.63) is 35.1 Å². The van der Waals surface area contributed by atoms with Gasteiger partial charge in [-0.25, -0.2) is 13.2 Å². The van der Waals surface area contributed by atoms with Gasteiger partial charge in [0.1, 0.15) is 5.82 Å². The maximum absolute atomic E-state index is 13.5. The Kier molecular flexibility index (Phi) is 7.87. The van der Waals surface area contributed by atoms with Gasteiger partial charge in [0.15, 0.2) is 11.6 Å². The van der Waals surface area contributed by atoms with Crippen LogP contribution in [0.1, 0.15) is 32.3 Å². The highest BCUT2D eigenvalue weighted by molar-refractivity contribution is 6.44. The van der Waals surface area contributed by atoms with Crippen molar-refractivity contribution in [2.24, 2.45) is 0 Å². The van der Waals surface area contributed by atoms with E-state index in [4.69, 9.17) is 8.85 Å². The minimum Gasteiger partial charge on any atom is -0.393 e. The van der Waals surface area contributed by atoms with Crippen LogP contribution in [0, 0.1) is 17.5 Å². The summed E-state index contributed by atoms with van der Waals surface area (Å²) < 4.78 is 50.6. The van der Waals surface area contributed by atoms with E-state index in [0.717, 1.165) is 18.9 Å². The van der Waals surface area contributed by atoms with Crippen molar-refractivity contribution < 1.29 is 22.0 Å². The first-order valence-electron chi connectivity index (χ1n) is 6.83. The Labute approximate surface area is 119 Å². The molecule has 0 spiro atoms. The van der Waals surface area contributed by atoms with Crippen LogP contribution in [0.2, 0.25) is 6.04 Å². The minimum absolute atomic E-state index is 0.159. The molecular formula is C14H20F3O2Si. The third kappa shape index (κ3) is 5.64. The van der Waals surface area contributed by atoms with Gasteiger partial charge in [-0.3, -0.25) is 0 Å². The van der Waals surface area contributed by atoms with Gasteiger partial charge < -0.3 is 8.85 Å². The molecule has 0 saturated carbocycles. The van der Waals surface area contributed by atoms with Crippen molar-refractivity contribution in [3.63, 3.8) is 0 Å². The molecule has 0 bridgehead atoms. The highest BCUT2D eigenvalue weighted by atomic mass is 28.3. The summed E-state index contributed by atoms with van der Waals surface area (Å²) in [5.74, 6) is -2.92. The van der Waals surface area contributed by atoms with E-state index in [9.17, 15) is 13.2 Å². The van der Waals surface area contributed by atoms with Gasteiger partial charge in [-0.1, -0.05) is 13.8 Å². The molecule has 20 heavy (non-hydrogen) atoms. The summed E-state index contributed by atoms with van der Waals surface area (Å²) >= 11 is 0. The fourth-order valence-corrected chi connectivity index (χ4v) is 3.32. The number of halogens is 3. The van der Waals surface area contributed by atoms with E-state index < -0.39 is 26.7 Å². The molecule has 0 N–H and O–H groups in total. The predicted molar refractivity (Wildman–Crippen MR) is 73.1 cm³/mol. The Bertz CT molecular complexity index is 408. The Morgan fingerprint density at radius 2 is 1.45 bits per heavy atom. The molecule has 2 nitrogen and oxygen atoms in total. The molecule has 6 heteroatoms. The summed E-state index contributed by atoms with van der Waals surface area (Å²) in [5, 5.41) is 0. The molecule has 0 heterocycles. The van der Waals surface area contributed by atoms with E-state index in [1.165, 1.54) is 0 Å². The summed E-state index contributed by atoms with van der Waals surface area (Å²) in [6.07, 6.45) is 2.04. The highest BCUT2D eigenvalue weighted by Crippen LogP contribution is 2.16. The number of aryl methyl sites for hydroxylation is 1. The van der Waals surface area contributed by atoms with E-state index in [2.05, 4.69) is 0 Å². The van der Waals surface area contributed by atoms with E-state index in [-0.39, 0.29) is 12.0 Å². The summed E-state index contributed by atoms with van der Waals surface area (Å²) in [6.45, 7) is 5.18. The average molecular weight is 305 g/mol. The van der Waals surface area contributed by atoms with Crippen LogP contribution in [0.5, 0.6) is 0 Å². The molecular weight excluding hydrogens is 285 g/mol. The molecule has 1 radical (unpaired) electrons. The van der Waals surface area contributed by atoms with Crippen LogP contribution in [0.25, 0.3) is 0 Å². The second-order valence-corrected chi connectivity index (χ2v) is 6.25. The van der Waals surface area contributed by atoms with Crippen LogP contribution in [0.15, 0.2) is 12.1 Å². The van der Waals surface area contributed by atoms with E-state index in [0.29, 0.717) is 25.3 Å². The monoisotopic (exact) mass is 305 g/mol. The lowest BCUT2D eigenvalue weighted by molar-refractivity contribution is 0.196. The van der Waals surface area contributed by atoms with Crippen LogP contribution in [0.3, 0.4) is 0 Å². The number of hydrogen-bond donors (Lipinski definition) is 0. The fraction of sp³-hybridized carbons (Fsp3) is 0.571. The van der Waals surface area contributed by atoms with Gasteiger partial charge in [-0.05, 0) is 36.9 Å². The van der Waals surface area contributed by atoms with E-state index in [1.807, 2.05) is 13.8 Å². The average Bonchev–Trinajstić information content (AvgIpc) is 2.43. The fourth-order valence-electron chi connectivity index (χ4n) is 1.61. The molecule has 0 unspecified atom stereocenters. The van der Waals surface area contributed by atoms with Gasteiger partial charge in [-0.2, -0.15) is 0 Å². The van der Waals surface area contributed by atoms with E-state index >= 15 is 0 Å². The van der Waals surface area contributed by atoms with Gasteiger partial charge in [0, 0.05) is 19.3 Å². The maximum atomic E-state index is 13.5. The van der Waals surface area contributed by atoms with Gasteiger partial charge in [0.05, 0.1) is 0 Å². The Balaban J connectivity index is 2.59. The molecule has 0 fully saturated rings. The van der Waals surface area contributed by atoms with Crippen molar-refractivity contribution in [1.29, 1.82) is 0 Å². The third-order valence-corrected chi connectivity index (χ3v) is 4.33. The molecule has 1 rings (SSSR count). The summed E-state index contributed by atoms with van der Waals surface area (Å²) in [6, 6.07) is 1.99. The summed E-state index contributed by atoms with van der Waals surface area (Å²) in [5.41, 5.74) is 0.159. The first kappa shape index (κ1) is 17.2. The van der Waals surface area contributed by atoms with Crippen LogP contribution in [-0.2, 0) is 15.3 Å². The SMILES string of the molecule is CCCO[Si](CCc1cc(F)c(F)cc1F)OCCC. The second kappa shape index (κ2) is 9.15. The third-order valence-electron chi connectivity index (χ3n) is 2.62. The molecule has 0 aliphatic carbocycles. The van der Waals surface area contributed by atoms with Gasteiger partial charge in [0.2, 0.25) is 0 Å². The zero-order valence-electron chi connectivity index (χ0n) is 11.8. The lowest BCUT2D eigenvalue weighted by Gasteiger charge is -2.14. The Morgan fingerprint density at radius 3 is 2.00 bits per heavy atom. The first-order chi connectivity index (χ1) is 9.58. The molecule has 0 aliphatic rings. The predicted octanol–water partition coefficient (Wildman–Crippen LogP) is 3.99. The van der Waals surface area contributed by atoms with Crippen molar-refractivity contribution in [2.45, 2.75) is 39.2 Å². The van der Waals surface area contributed by atoms with Crippen LogP contribution < -0.4 is 0 Å². The smallest absolute Gasteiger partial charge is 0.384 e. The van der Waals surface area contributed by atoms with Crippen LogP contribution >= 0.6 is 0 Å². The summed E-state index contributed by atoms with van der Waals surface area (Å²) in [4.78, 5) is 0. The van der Waals surface area contributed by atoms with Crippen LogP contribution in [0.4, 0.5) is 13.2 Å². The molecule has 0 atom stereocenters. The quantitative estimate of drug-likeness (QED) is 0.507. The minimum atomic E-state index is -1.49. The largest absolute Gasteiger partial charge is 0.393 e.